The zero-order chi connectivity index (χ0) is 12.3. The van der Waals surface area contributed by atoms with E-state index in [0.29, 0.717) is 0 Å². The molecule has 0 aliphatic heterocycles. The van der Waals surface area contributed by atoms with Crippen LogP contribution in [-0.4, -0.2) is 29.1 Å². The lowest BCUT2D eigenvalue weighted by atomic mass is 10.3. The first kappa shape index (κ1) is 11.9. The fourth-order valence-corrected chi connectivity index (χ4v) is 2.72. The molecular formula is C12H14N2O2S. The van der Waals surface area contributed by atoms with E-state index >= 15 is 0 Å². The molecule has 0 amide bonds. The predicted octanol–water partition coefficient (Wildman–Crippen LogP) is 2.60. The summed E-state index contributed by atoms with van der Waals surface area (Å²) in [6.45, 7) is 2.82. The quantitative estimate of drug-likeness (QED) is 0.886. The Morgan fingerprint density at radius 3 is 3.06 bits per heavy atom. The summed E-state index contributed by atoms with van der Waals surface area (Å²) in [5, 5.41) is 10.9. The maximum Gasteiger partial charge on any atom is 0.323 e. The van der Waals surface area contributed by atoms with E-state index in [0.717, 1.165) is 28.9 Å². The molecule has 90 valence electrons. The molecule has 2 rings (SSSR count). The Morgan fingerprint density at radius 1 is 1.53 bits per heavy atom. The van der Waals surface area contributed by atoms with Crippen molar-refractivity contribution in [2.75, 3.05) is 18.0 Å². The van der Waals surface area contributed by atoms with Gasteiger partial charge in [-0.3, -0.25) is 9.78 Å². The Balaban J connectivity index is 2.40. The number of carboxylic acid groups (broad SMARTS) is 1. The molecule has 0 aromatic carbocycles. The highest BCUT2D eigenvalue weighted by Gasteiger charge is 2.13. The van der Waals surface area contributed by atoms with Crippen LogP contribution >= 0.6 is 11.3 Å². The van der Waals surface area contributed by atoms with Gasteiger partial charge in [-0.05, 0) is 23.9 Å². The molecular weight excluding hydrogens is 236 g/mol. The number of aromatic nitrogens is 1. The van der Waals surface area contributed by atoms with Crippen LogP contribution in [0.3, 0.4) is 0 Å². The standard InChI is InChI=1S/C12H14N2O2S/c1-2-6-14(8-11(15)16)10-3-5-13-9-4-7-17-12(9)10/h3-5,7H,2,6,8H2,1H3,(H,15,16). The van der Waals surface area contributed by atoms with E-state index in [2.05, 4.69) is 4.98 Å². The topological polar surface area (TPSA) is 53.4 Å². The number of anilines is 1. The molecule has 0 saturated heterocycles. The van der Waals surface area contributed by atoms with E-state index in [1.807, 2.05) is 29.3 Å². The van der Waals surface area contributed by atoms with E-state index in [1.165, 1.54) is 0 Å². The number of fused-ring (bicyclic) bond motifs is 1. The Kier molecular flexibility index (Phi) is 3.58. The van der Waals surface area contributed by atoms with Crippen LogP contribution < -0.4 is 4.90 Å². The molecule has 0 radical (unpaired) electrons. The molecule has 2 heterocycles. The molecule has 0 fully saturated rings. The van der Waals surface area contributed by atoms with Crippen LogP contribution in [-0.2, 0) is 4.79 Å². The number of pyridine rings is 1. The second-order valence-corrected chi connectivity index (χ2v) is 4.70. The third kappa shape index (κ3) is 2.55. The lowest BCUT2D eigenvalue weighted by molar-refractivity contribution is -0.135. The number of hydrogen-bond acceptors (Lipinski definition) is 4. The lowest BCUT2D eigenvalue weighted by Gasteiger charge is -2.22. The number of hydrogen-bond donors (Lipinski definition) is 1. The summed E-state index contributed by atoms with van der Waals surface area (Å²) < 4.78 is 1.06. The van der Waals surface area contributed by atoms with Crippen molar-refractivity contribution in [1.82, 2.24) is 4.98 Å². The molecule has 17 heavy (non-hydrogen) atoms. The van der Waals surface area contributed by atoms with Gasteiger partial charge in [0.25, 0.3) is 0 Å². The maximum absolute atomic E-state index is 10.9. The second-order valence-electron chi connectivity index (χ2n) is 3.78. The van der Waals surface area contributed by atoms with Crippen molar-refractivity contribution >= 4 is 33.2 Å². The Labute approximate surface area is 104 Å². The number of carbonyl (C=O) groups is 1. The number of rotatable bonds is 5. The van der Waals surface area contributed by atoms with Crippen LogP contribution in [0.1, 0.15) is 13.3 Å². The molecule has 0 aliphatic rings. The second kappa shape index (κ2) is 5.14. The van der Waals surface area contributed by atoms with Gasteiger partial charge in [-0.1, -0.05) is 6.92 Å². The Hall–Kier alpha value is -1.62. The van der Waals surface area contributed by atoms with Gasteiger partial charge in [0.1, 0.15) is 6.54 Å². The number of aliphatic carboxylic acids is 1. The predicted molar refractivity (Wildman–Crippen MR) is 69.8 cm³/mol. The summed E-state index contributed by atoms with van der Waals surface area (Å²) in [6.07, 6.45) is 2.65. The molecule has 0 atom stereocenters. The van der Waals surface area contributed by atoms with E-state index < -0.39 is 5.97 Å². The largest absolute Gasteiger partial charge is 0.480 e. The van der Waals surface area contributed by atoms with Gasteiger partial charge in [-0.25, -0.2) is 0 Å². The van der Waals surface area contributed by atoms with Gasteiger partial charge < -0.3 is 10.0 Å². The molecule has 0 bridgehead atoms. The summed E-state index contributed by atoms with van der Waals surface area (Å²) in [4.78, 5) is 17.0. The van der Waals surface area contributed by atoms with Crippen molar-refractivity contribution < 1.29 is 9.90 Å². The van der Waals surface area contributed by atoms with Gasteiger partial charge in [0.2, 0.25) is 0 Å². The van der Waals surface area contributed by atoms with Crippen molar-refractivity contribution in [1.29, 1.82) is 0 Å². The van der Waals surface area contributed by atoms with E-state index in [9.17, 15) is 4.79 Å². The van der Waals surface area contributed by atoms with Crippen LogP contribution in [0.4, 0.5) is 5.69 Å². The summed E-state index contributed by atoms with van der Waals surface area (Å²) in [5.41, 5.74) is 1.90. The van der Waals surface area contributed by atoms with Crippen molar-refractivity contribution in [3.05, 3.63) is 23.7 Å². The van der Waals surface area contributed by atoms with Crippen LogP contribution in [0, 0.1) is 0 Å². The van der Waals surface area contributed by atoms with Gasteiger partial charge in [-0.2, -0.15) is 0 Å². The van der Waals surface area contributed by atoms with Crippen molar-refractivity contribution in [2.24, 2.45) is 0 Å². The van der Waals surface area contributed by atoms with E-state index in [-0.39, 0.29) is 6.54 Å². The molecule has 1 N–H and O–H groups in total. The summed E-state index contributed by atoms with van der Waals surface area (Å²) in [6, 6.07) is 3.84. The normalized spacial score (nSPS) is 10.6. The fraction of sp³-hybridized carbons (Fsp3) is 0.333. The maximum atomic E-state index is 10.9. The van der Waals surface area contributed by atoms with Crippen molar-refractivity contribution in [3.8, 4) is 0 Å². The van der Waals surface area contributed by atoms with Crippen LogP contribution in [0.15, 0.2) is 23.7 Å². The summed E-state index contributed by atoms with van der Waals surface area (Å²) >= 11 is 1.60. The molecule has 4 nitrogen and oxygen atoms in total. The van der Waals surface area contributed by atoms with Gasteiger partial charge in [0, 0.05) is 12.7 Å². The first-order valence-corrected chi connectivity index (χ1v) is 6.39. The van der Waals surface area contributed by atoms with E-state index in [1.54, 1.807) is 17.5 Å². The smallest absolute Gasteiger partial charge is 0.323 e. The third-order valence-corrected chi connectivity index (χ3v) is 3.41. The molecule has 2 aromatic rings. The highest BCUT2D eigenvalue weighted by molar-refractivity contribution is 7.17. The van der Waals surface area contributed by atoms with Crippen LogP contribution in [0.2, 0.25) is 0 Å². The highest BCUT2D eigenvalue weighted by Crippen LogP contribution is 2.29. The Morgan fingerprint density at radius 2 is 2.35 bits per heavy atom. The van der Waals surface area contributed by atoms with Gasteiger partial charge in [0.15, 0.2) is 0 Å². The van der Waals surface area contributed by atoms with Crippen LogP contribution in [0.5, 0.6) is 0 Å². The number of thiophene rings is 1. The third-order valence-electron chi connectivity index (χ3n) is 2.48. The molecule has 0 aliphatic carbocycles. The fourth-order valence-electron chi connectivity index (χ4n) is 1.83. The molecule has 2 aromatic heterocycles. The zero-order valence-corrected chi connectivity index (χ0v) is 10.4. The first-order valence-electron chi connectivity index (χ1n) is 5.51. The molecule has 0 unspecified atom stereocenters. The minimum absolute atomic E-state index is 0.0326. The number of carboxylic acids is 1. The number of nitrogens with zero attached hydrogens (tertiary/aromatic N) is 2. The van der Waals surface area contributed by atoms with Crippen LogP contribution in [0.25, 0.3) is 10.2 Å². The van der Waals surface area contributed by atoms with Gasteiger partial charge >= 0.3 is 5.97 Å². The average Bonchev–Trinajstić information content (AvgIpc) is 2.75. The minimum Gasteiger partial charge on any atom is -0.480 e. The van der Waals surface area contributed by atoms with Crippen molar-refractivity contribution in [2.45, 2.75) is 13.3 Å². The molecule has 0 spiro atoms. The lowest BCUT2D eigenvalue weighted by Crippen LogP contribution is -2.30. The highest BCUT2D eigenvalue weighted by atomic mass is 32.1. The monoisotopic (exact) mass is 250 g/mol. The van der Waals surface area contributed by atoms with Gasteiger partial charge in [0.05, 0.1) is 15.9 Å². The van der Waals surface area contributed by atoms with E-state index in [4.69, 9.17) is 5.11 Å². The first-order chi connectivity index (χ1) is 8.22. The van der Waals surface area contributed by atoms with Gasteiger partial charge in [-0.15, -0.1) is 11.3 Å². The summed E-state index contributed by atoms with van der Waals surface area (Å²) in [5.74, 6) is -0.806. The SMILES string of the molecule is CCCN(CC(=O)O)c1ccnc2ccsc12. The minimum atomic E-state index is -0.806. The Bertz CT molecular complexity index is 524. The average molecular weight is 250 g/mol. The zero-order valence-electron chi connectivity index (χ0n) is 9.59. The molecule has 5 heteroatoms. The van der Waals surface area contributed by atoms with Crippen molar-refractivity contribution in [3.63, 3.8) is 0 Å². The molecule has 0 saturated carbocycles. The summed E-state index contributed by atoms with van der Waals surface area (Å²) in [7, 11) is 0.